The zero-order valence-corrected chi connectivity index (χ0v) is 14.8. The fourth-order valence-electron chi connectivity index (χ4n) is 1.29. The molecule has 120 valence electrons. The van der Waals surface area contributed by atoms with E-state index in [2.05, 4.69) is 20.7 Å². The Kier molecular flexibility index (Phi) is 5.42. The number of rotatable bonds is 6. The van der Waals surface area contributed by atoms with E-state index in [9.17, 15) is 25.3 Å². The standard InChI is InChI=1S/C9H13BrN2O6S3/c1-19(13,14)4-5-20(15,16)12-7-2-3-9(8(10)6-7)21(11,17)18/h2-3,6,12H,4-5H2,1H3,(H2,11,17,18). The first-order valence-corrected chi connectivity index (χ1v) is 11.4. The Morgan fingerprint density at radius 3 is 2.10 bits per heavy atom. The highest BCUT2D eigenvalue weighted by atomic mass is 79.9. The molecule has 0 spiro atoms. The predicted octanol–water partition coefficient (Wildman–Crippen LogP) is -0.117. The summed E-state index contributed by atoms with van der Waals surface area (Å²) in [6.45, 7) is 0. The molecule has 0 fully saturated rings. The summed E-state index contributed by atoms with van der Waals surface area (Å²) in [5.41, 5.74) is 0.0859. The van der Waals surface area contributed by atoms with Crippen molar-refractivity contribution in [3.63, 3.8) is 0 Å². The minimum Gasteiger partial charge on any atom is -0.283 e. The molecule has 0 aliphatic carbocycles. The Bertz CT molecular complexity index is 845. The summed E-state index contributed by atoms with van der Waals surface area (Å²) < 4.78 is 70.0. The monoisotopic (exact) mass is 420 g/mol. The normalized spacial score (nSPS) is 13.1. The number of anilines is 1. The lowest BCUT2D eigenvalue weighted by molar-refractivity contribution is 0.593. The van der Waals surface area contributed by atoms with Crippen molar-refractivity contribution in [1.29, 1.82) is 0 Å². The van der Waals surface area contributed by atoms with Gasteiger partial charge in [-0.25, -0.2) is 30.4 Å². The lowest BCUT2D eigenvalue weighted by atomic mass is 10.3. The quantitative estimate of drug-likeness (QED) is 0.656. The van der Waals surface area contributed by atoms with Crippen LogP contribution in [0, 0.1) is 0 Å². The van der Waals surface area contributed by atoms with Crippen LogP contribution in [-0.4, -0.2) is 43.0 Å². The molecule has 21 heavy (non-hydrogen) atoms. The van der Waals surface area contributed by atoms with Gasteiger partial charge >= 0.3 is 0 Å². The van der Waals surface area contributed by atoms with Crippen LogP contribution in [0.5, 0.6) is 0 Å². The average molecular weight is 421 g/mol. The first kappa shape index (κ1) is 18.4. The van der Waals surface area contributed by atoms with E-state index in [4.69, 9.17) is 5.14 Å². The molecule has 0 radical (unpaired) electrons. The van der Waals surface area contributed by atoms with Crippen LogP contribution < -0.4 is 9.86 Å². The van der Waals surface area contributed by atoms with Crippen molar-refractivity contribution in [3.05, 3.63) is 22.7 Å². The molecule has 8 nitrogen and oxygen atoms in total. The third-order valence-corrected chi connectivity index (χ3v) is 6.61. The maximum atomic E-state index is 11.7. The molecule has 0 aromatic heterocycles. The molecule has 0 bridgehead atoms. The van der Waals surface area contributed by atoms with Crippen molar-refractivity contribution < 1.29 is 25.3 Å². The lowest BCUT2D eigenvalue weighted by Gasteiger charge is -2.09. The highest BCUT2D eigenvalue weighted by molar-refractivity contribution is 9.10. The number of benzene rings is 1. The number of nitrogens with one attached hydrogen (secondary N) is 1. The highest BCUT2D eigenvalue weighted by Gasteiger charge is 2.17. The summed E-state index contributed by atoms with van der Waals surface area (Å²) in [5, 5.41) is 4.97. The number of hydrogen-bond donors (Lipinski definition) is 2. The second-order valence-corrected chi connectivity index (χ2v) is 10.7. The third kappa shape index (κ3) is 6.30. The van der Waals surface area contributed by atoms with E-state index in [1.807, 2.05) is 0 Å². The summed E-state index contributed by atoms with van der Waals surface area (Å²) in [6.07, 6.45) is 0.931. The fourth-order valence-corrected chi connectivity index (χ4v) is 5.61. The van der Waals surface area contributed by atoms with Gasteiger partial charge in [-0.1, -0.05) is 0 Å². The number of sulfone groups is 1. The Balaban J connectivity index is 2.97. The van der Waals surface area contributed by atoms with E-state index in [0.29, 0.717) is 0 Å². The molecule has 1 aromatic rings. The van der Waals surface area contributed by atoms with Gasteiger partial charge in [0, 0.05) is 16.4 Å². The number of halogens is 1. The van der Waals surface area contributed by atoms with E-state index >= 15 is 0 Å². The van der Waals surface area contributed by atoms with E-state index in [1.54, 1.807) is 0 Å². The summed E-state index contributed by atoms with van der Waals surface area (Å²) >= 11 is 2.97. The van der Waals surface area contributed by atoms with Crippen LogP contribution in [0.2, 0.25) is 0 Å². The van der Waals surface area contributed by atoms with Crippen molar-refractivity contribution in [1.82, 2.24) is 0 Å². The molecule has 1 aromatic carbocycles. The topological polar surface area (TPSA) is 140 Å². The molecule has 0 aliphatic rings. The molecule has 3 N–H and O–H groups in total. The Morgan fingerprint density at radius 1 is 1.10 bits per heavy atom. The summed E-state index contributed by atoms with van der Waals surface area (Å²) in [4.78, 5) is -0.193. The van der Waals surface area contributed by atoms with Crippen molar-refractivity contribution in [2.45, 2.75) is 4.90 Å². The molecule has 0 saturated heterocycles. The largest absolute Gasteiger partial charge is 0.283 e. The SMILES string of the molecule is CS(=O)(=O)CCS(=O)(=O)Nc1ccc(S(N)(=O)=O)c(Br)c1. The molecule has 0 aliphatic heterocycles. The van der Waals surface area contributed by atoms with Crippen LogP contribution in [0.3, 0.4) is 0 Å². The predicted molar refractivity (Wildman–Crippen MR) is 82.6 cm³/mol. The molecule has 0 atom stereocenters. The molecular weight excluding hydrogens is 408 g/mol. The highest BCUT2D eigenvalue weighted by Crippen LogP contribution is 2.25. The van der Waals surface area contributed by atoms with Crippen molar-refractivity contribution >= 4 is 51.5 Å². The van der Waals surface area contributed by atoms with Gasteiger partial charge in [0.25, 0.3) is 0 Å². The van der Waals surface area contributed by atoms with Gasteiger partial charge < -0.3 is 0 Å². The smallest absolute Gasteiger partial charge is 0.239 e. The average Bonchev–Trinajstić information content (AvgIpc) is 2.23. The van der Waals surface area contributed by atoms with Gasteiger partial charge in [-0.05, 0) is 34.1 Å². The number of primary sulfonamides is 1. The maximum Gasteiger partial charge on any atom is 0.239 e. The van der Waals surface area contributed by atoms with Crippen molar-refractivity contribution in [2.75, 3.05) is 22.5 Å². The maximum absolute atomic E-state index is 11.7. The van der Waals surface area contributed by atoms with Gasteiger partial charge in [-0.15, -0.1) is 0 Å². The summed E-state index contributed by atoms with van der Waals surface area (Å²) in [6, 6.07) is 3.56. The van der Waals surface area contributed by atoms with Gasteiger partial charge in [0.15, 0.2) is 0 Å². The summed E-state index contributed by atoms with van der Waals surface area (Å²) in [5.74, 6) is -1.11. The first-order valence-electron chi connectivity index (χ1n) is 5.31. The van der Waals surface area contributed by atoms with Crippen LogP contribution in [0.15, 0.2) is 27.6 Å². The van der Waals surface area contributed by atoms with Gasteiger partial charge in [0.05, 0.1) is 16.4 Å². The van der Waals surface area contributed by atoms with E-state index in [1.165, 1.54) is 12.1 Å². The molecule has 0 amide bonds. The molecule has 0 heterocycles. The van der Waals surface area contributed by atoms with Gasteiger partial charge in [0.2, 0.25) is 20.0 Å². The number of nitrogens with two attached hydrogens (primary N) is 1. The van der Waals surface area contributed by atoms with Gasteiger partial charge in [0.1, 0.15) is 9.84 Å². The Morgan fingerprint density at radius 2 is 1.67 bits per heavy atom. The molecule has 12 heteroatoms. The summed E-state index contributed by atoms with van der Waals surface area (Å²) in [7, 11) is -11.2. The number of hydrogen-bond acceptors (Lipinski definition) is 6. The van der Waals surface area contributed by atoms with E-state index < -0.39 is 41.4 Å². The number of sulfonamides is 2. The second-order valence-electron chi connectivity index (χ2n) is 4.24. The van der Waals surface area contributed by atoms with Crippen molar-refractivity contribution in [3.8, 4) is 0 Å². The Hall–Kier alpha value is -0.690. The molecular formula is C9H13BrN2O6S3. The van der Waals surface area contributed by atoms with Crippen LogP contribution in [-0.2, 0) is 29.9 Å². The van der Waals surface area contributed by atoms with Crippen molar-refractivity contribution in [2.24, 2.45) is 5.14 Å². The first-order chi connectivity index (χ1) is 9.30. The van der Waals surface area contributed by atoms with Crippen LogP contribution in [0.4, 0.5) is 5.69 Å². The van der Waals surface area contributed by atoms with Crippen LogP contribution in [0.25, 0.3) is 0 Å². The minimum absolute atomic E-state index is 0.0859. The Labute approximate surface area is 131 Å². The second kappa shape index (κ2) is 6.20. The molecule has 0 saturated carbocycles. The van der Waals surface area contributed by atoms with Gasteiger partial charge in [-0.3, -0.25) is 4.72 Å². The van der Waals surface area contributed by atoms with Crippen LogP contribution in [0.1, 0.15) is 0 Å². The molecule has 0 unspecified atom stereocenters. The van der Waals surface area contributed by atoms with Gasteiger partial charge in [-0.2, -0.15) is 0 Å². The zero-order chi connectivity index (χ0) is 16.5. The zero-order valence-electron chi connectivity index (χ0n) is 10.8. The third-order valence-electron chi connectivity index (χ3n) is 2.23. The van der Waals surface area contributed by atoms with Crippen LogP contribution >= 0.6 is 15.9 Å². The van der Waals surface area contributed by atoms with E-state index in [-0.39, 0.29) is 15.1 Å². The lowest BCUT2D eigenvalue weighted by Crippen LogP contribution is -2.22. The van der Waals surface area contributed by atoms with E-state index in [0.717, 1.165) is 12.3 Å². The fraction of sp³-hybridized carbons (Fsp3) is 0.333. The minimum atomic E-state index is -3.93. The molecule has 1 rings (SSSR count).